The van der Waals surface area contributed by atoms with Gasteiger partial charge >= 0.3 is 5.97 Å². The fourth-order valence-corrected chi connectivity index (χ4v) is 1.69. The molecular formula is C13H16N2O2. The van der Waals surface area contributed by atoms with Gasteiger partial charge in [-0.3, -0.25) is 0 Å². The van der Waals surface area contributed by atoms with Crippen LogP contribution >= 0.6 is 0 Å². The van der Waals surface area contributed by atoms with Crippen molar-refractivity contribution >= 4 is 17.2 Å². The minimum atomic E-state index is -0.521. The van der Waals surface area contributed by atoms with Crippen LogP contribution in [0.1, 0.15) is 31.1 Å². The van der Waals surface area contributed by atoms with Crippen LogP contribution in [-0.4, -0.2) is 16.0 Å². The van der Waals surface area contributed by atoms with Gasteiger partial charge in [0.2, 0.25) is 0 Å². The van der Waals surface area contributed by atoms with Crippen molar-refractivity contribution in [3.63, 3.8) is 0 Å². The number of anilines is 1. The van der Waals surface area contributed by atoms with E-state index in [0.717, 1.165) is 5.52 Å². The van der Waals surface area contributed by atoms with Gasteiger partial charge < -0.3 is 14.9 Å². The van der Waals surface area contributed by atoms with Crippen LogP contribution in [0.5, 0.6) is 0 Å². The van der Waals surface area contributed by atoms with Crippen LogP contribution in [0.3, 0.4) is 0 Å². The second-order valence-electron chi connectivity index (χ2n) is 4.95. The predicted molar refractivity (Wildman–Crippen MR) is 67.0 cm³/mol. The van der Waals surface area contributed by atoms with E-state index >= 15 is 0 Å². The molecule has 2 rings (SSSR count). The Labute approximate surface area is 100.0 Å². The lowest BCUT2D eigenvalue weighted by Gasteiger charge is -2.19. The van der Waals surface area contributed by atoms with Crippen molar-refractivity contribution in [2.24, 2.45) is 0 Å². The van der Waals surface area contributed by atoms with E-state index in [1.54, 1.807) is 6.20 Å². The number of carbonyl (C=O) groups excluding carboxylic acids is 1. The number of ether oxygens (including phenoxy) is 1. The van der Waals surface area contributed by atoms with Crippen LogP contribution < -0.4 is 5.73 Å². The van der Waals surface area contributed by atoms with Gasteiger partial charge in [-0.15, -0.1) is 0 Å². The number of rotatable bonds is 1. The molecule has 0 atom stereocenters. The summed E-state index contributed by atoms with van der Waals surface area (Å²) >= 11 is 0. The molecule has 0 aliphatic rings. The molecule has 17 heavy (non-hydrogen) atoms. The van der Waals surface area contributed by atoms with Gasteiger partial charge in [-0.2, -0.15) is 0 Å². The summed E-state index contributed by atoms with van der Waals surface area (Å²) in [6, 6.07) is 5.59. The molecule has 0 amide bonds. The highest BCUT2D eigenvalue weighted by atomic mass is 16.6. The van der Waals surface area contributed by atoms with Gasteiger partial charge in [0, 0.05) is 12.4 Å². The van der Waals surface area contributed by atoms with Gasteiger partial charge in [-0.25, -0.2) is 4.79 Å². The Bertz CT molecular complexity index is 564. The number of nitrogen functional groups attached to an aromatic ring is 1. The van der Waals surface area contributed by atoms with Crippen LogP contribution in [0.25, 0.3) is 5.52 Å². The summed E-state index contributed by atoms with van der Waals surface area (Å²) in [5, 5.41) is 0. The maximum absolute atomic E-state index is 12.0. The predicted octanol–water partition coefficient (Wildman–Crippen LogP) is 2.48. The maximum Gasteiger partial charge on any atom is 0.342 e. The van der Waals surface area contributed by atoms with Crippen LogP contribution in [0.2, 0.25) is 0 Å². The quantitative estimate of drug-likeness (QED) is 0.768. The SMILES string of the molecule is CC(C)(C)OC(=O)c1c(N)cn2ccccc12. The van der Waals surface area contributed by atoms with Crippen molar-refractivity contribution in [1.29, 1.82) is 0 Å². The largest absolute Gasteiger partial charge is 0.456 e. The zero-order valence-electron chi connectivity index (χ0n) is 10.2. The van der Waals surface area contributed by atoms with Crippen LogP contribution in [0, 0.1) is 0 Å². The first-order valence-electron chi connectivity index (χ1n) is 5.47. The Kier molecular flexibility index (Phi) is 2.58. The smallest absolute Gasteiger partial charge is 0.342 e. The van der Waals surface area contributed by atoms with Gasteiger partial charge in [-0.1, -0.05) is 6.07 Å². The average molecular weight is 232 g/mol. The highest BCUT2D eigenvalue weighted by molar-refractivity contribution is 6.03. The minimum Gasteiger partial charge on any atom is -0.456 e. The number of nitrogens with zero attached hydrogens (tertiary/aromatic N) is 1. The van der Waals surface area contributed by atoms with Crippen molar-refractivity contribution in [2.75, 3.05) is 5.73 Å². The fourth-order valence-electron chi connectivity index (χ4n) is 1.69. The van der Waals surface area contributed by atoms with E-state index in [0.29, 0.717) is 11.3 Å². The standard InChI is InChI=1S/C13H16N2O2/c1-13(2,3)17-12(16)11-9(14)8-15-7-5-4-6-10(11)15/h4-8H,14H2,1-3H3. The second kappa shape index (κ2) is 3.80. The molecule has 0 saturated carbocycles. The van der Waals surface area contributed by atoms with Crippen LogP contribution in [0.15, 0.2) is 30.6 Å². The fraction of sp³-hybridized carbons (Fsp3) is 0.308. The Morgan fingerprint density at radius 2 is 2.06 bits per heavy atom. The van der Waals surface area contributed by atoms with Crippen molar-refractivity contribution in [3.05, 3.63) is 36.2 Å². The Hall–Kier alpha value is -1.97. The van der Waals surface area contributed by atoms with E-state index in [2.05, 4.69) is 0 Å². The molecule has 0 aliphatic carbocycles. The summed E-state index contributed by atoms with van der Waals surface area (Å²) in [4.78, 5) is 12.0. The van der Waals surface area contributed by atoms with Crippen molar-refractivity contribution in [3.8, 4) is 0 Å². The highest BCUT2D eigenvalue weighted by Gasteiger charge is 2.22. The number of fused-ring (bicyclic) bond motifs is 1. The summed E-state index contributed by atoms with van der Waals surface area (Å²) in [7, 11) is 0. The van der Waals surface area contributed by atoms with E-state index in [1.807, 2.05) is 49.6 Å². The number of hydrogen-bond donors (Lipinski definition) is 1. The minimum absolute atomic E-state index is 0.385. The number of nitrogens with two attached hydrogens (primary N) is 1. The molecule has 0 unspecified atom stereocenters. The molecule has 0 bridgehead atoms. The maximum atomic E-state index is 12.0. The third-order valence-electron chi connectivity index (χ3n) is 2.32. The first-order valence-corrected chi connectivity index (χ1v) is 5.47. The van der Waals surface area contributed by atoms with Gasteiger partial charge in [0.25, 0.3) is 0 Å². The van der Waals surface area contributed by atoms with Crippen LogP contribution in [0.4, 0.5) is 5.69 Å². The molecule has 2 aromatic rings. The van der Waals surface area contributed by atoms with E-state index in [4.69, 9.17) is 10.5 Å². The highest BCUT2D eigenvalue weighted by Crippen LogP contribution is 2.23. The van der Waals surface area contributed by atoms with Gasteiger partial charge in [0.05, 0.1) is 11.2 Å². The molecule has 90 valence electrons. The van der Waals surface area contributed by atoms with Crippen LogP contribution in [-0.2, 0) is 4.74 Å². The lowest BCUT2D eigenvalue weighted by atomic mass is 10.2. The Balaban J connectivity index is 2.48. The topological polar surface area (TPSA) is 56.7 Å². The number of aromatic nitrogens is 1. The van der Waals surface area contributed by atoms with Crippen molar-refractivity contribution in [1.82, 2.24) is 4.40 Å². The van der Waals surface area contributed by atoms with Crippen molar-refractivity contribution in [2.45, 2.75) is 26.4 Å². The number of carbonyl (C=O) groups is 1. The summed E-state index contributed by atoms with van der Waals surface area (Å²) < 4.78 is 7.15. The zero-order chi connectivity index (χ0) is 12.6. The molecule has 4 nitrogen and oxygen atoms in total. The molecule has 0 radical (unpaired) electrons. The molecule has 0 aromatic carbocycles. The summed E-state index contributed by atoms with van der Waals surface area (Å²) in [5.41, 5.74) is 6.96. The summed E-state index contributed by atoms with van der Waals surface area (Å²) in [6.07, 6.45) is 3.56. The molecule has 4 heteroatoms. The summed E-state index contributed by atoms with van der Waals surface area (Å²) in [5.74, 6) is -0.385. The normalized spacial score (nSPS) is 11.7. The second-order valence-corrected chi connectivity index (χ2v) is 4.95. The zero-order valence-corrected chi connectivity index (χ0v) is 10.2. The lowest BCUT2D eigenvalue weighted by molar-refractivity contribution is 0.00732. The summed E-state index contributed by atoms with van der Waals surface area (Å²) in [6.45, 7) is 5.50. The van der Waals surface area contributed by atoms with E-state index < -0.39 is 5.60 Å². The van der Waals surface area contributed by atoms with Gasteiger partial charge in [0.15, 0.2) is 0 Å². The Morgan fingerprint density at radius 3 is 2.71 bits per heavy atom. The molecule has 0 aliphatic heterocycles. The first-order chi connectivity index (χ1) is 7.88. The van der Waals surface area contributed by atoms with E-state index in [9.17, 15) is 4.79 Å². The van der Waals surface area contributed by atoms with Crippen molar-refractivity contribution < 1.29 is 9.53 Å². The molecule has 2 heterocycles. The number of hydrogen-bond acceptors (Lipinski definition) is 3. The average Bonchev–Trinajstić information content (AvgIpc) is 2.50. The molecule has 2 N–H and O–H groups in total. The monoisotopic (exact) mass is 232 g/mol. The van der Waals surface area contributed by atoms with E-state index in [1.165, 1.54) is 0 Å². The molecule has 0 spiro atoms. The van der Waals surface area contributed by atoms with Gasteiger partial charge in [0.1, 0.15) is 11.2 Å². The molecule has 2 aromatic heterocycles. The third kappa shape index (κ3) is 2.25. The molecular weight excluding hydrogens is 216 g/mol. The van der Waals surface area contributed by atoms with E-state index in [-0.39, 0.29) is 5.97 Å². The van der Waals surface area contributed by atoms with Gasteiger partial charge in [-0.05, 0) is 32.9 Å². The number of pyridine rings is 1. The lowest BCUT2D eigenvalue weighted by Crippen LogP contribution is -2.24. The third-order valence-corrected chi connectivity index (χ3v) is 2.32. The molecule has 0 saturated heterocycles. The first kappa shape index (κ1) is 11.5. The number of esters is 1. The molecule has 0 fully saturated rings. The Morgan fingerprint density at radius 1 is 1.35 bits per heavy atom.